The molecule has 1 rings (SSSR count). The van der Waals surface area contributed by atoms with E-state index < -0.39 is 0 Å². The number of methoxy groups -OCH3 is 2. The number of hydrogen-bond donors (Lipinski definition) is 0. The molecule has 0 aliphatic carbocycles. The van der Waals surface area contributed by atoms with Crippen molar-refractivity contribution in [2.24, 2.45) is 5.92 Å². The van der Waals surface area contributed by atoms with E-state index in [-0.39, 0.29) is 0 Å². The van der Waals surface area contributed by atoms with Crippen molar-refractivity contribution in [1.29, 1.82) is 0 Å². The predicted molar refractivity (Wildman–Crippen MR) is 62.8 cm³/mol. The van der Waals surface area contributed by atoms with Crippen molar-refractivity contribution in [2.45, 2.75) is 6.42 Å². The first-order valence-corrected chi connectivity index (χ1v) is 5.51. The van der Waals surface area contributed by atoms with Crippen molar-refractivity contribution in [2.75, 3.05) is 26.7 Å². The Kier molecular flexibility index (Phi) is 5.51. The maximum Gasteiger partial charge on any atom is 0.118 e. The van der Waals surface area contributed by atoms with Crippen LogP contribution in [0.3, 0.4) is 0 Å². The third kappa shape index (κ3) is 4.10. The van der Waals surface area contributed by atoms with Crippen molar-refractivity contribution in [1.82, 2.24) is 0 Å². The normalized spacial score (nSPS) is 12.5. The third-order valence-corrected chi connectivity index (χ3v) is 2.74. The van der Waals surface area contributed by atoms with Gasteiger partial charge in [0.1, 0.15) is 5.75 Å². The van der Waals surface area contributed by atoms with Gasteiger partial charge in [0.15, 0.2) is 0 Å². The van der Waals surface area contributed by atoms with Crippen molar-refractivity contribution < 1.29 is 9.47 Å². The average molecular weight is 229 g/mol. The van der Waals surface area contributed by atoms with E-state index in [9.17, 15) is 0 Å². The molecule has 0 amide bonds. The Morgan fingerprint density at radius 3 is 2.33 bits per heavy atom. The van der Waals surface area contributed by atoms with Crippen LogP contribution in [0.1, 0.15) is 5.56 Å². The fourth-order valence-corrected chi connectivity index (χ4v) is 1.69. The predicted octanol–water partition coefficient (Wildman–Crippen LogP) is 2.74. The fourth-order valence-electron chi connectivity index (χ4n) is 1.49. The number of benzene rings is 1. The summed E-state index contributed by atoms with van der Waals surface area (Å²) in [5, 5.41) is 0. The smallest absolute Gasteiger partial charge is 0.118 e. The minimum atomic E-state index is 0.380. The molecule has 1 aromatic rings. The lowest BCUT2D eigenvalue weighted by Crippen LogP contribution is -2.12. The Bertz CT molecular complexity index is 271. The zero-order valence-electron chi connectivity index (χ0n) is 9.20. The Balaban J connectivity index is 2.55. The SMILES string of the molecule is COCC(CCl)Cc1ccc(OC)cc1. The summed E-state index contributed by atoms with van der Waals surface area (Å²) in [6.07, 6.45) is 0.946. The van der Waals surface area contributed by atoms with Gasteiger partial charge in [-0.25, -0.2) is 0 Å². The molecule has 0 N–H and O–H groups in total. The fraction of sp³-hybridized carbons (Fsp3) is 0.500. The summed E-state index contributed by atoms with van der Waals surface area (Å²) in [5.41, 5.74) is 1.26. The number of halogens is 1. The van der Waals surface area contributed by atoms with E-state index in [4.69, 9.17) is 21.1 Å². The van der Waals surface area contributed by atoms with Gasteiger partial charge in [0.2, 0.25) is 0 Å². The van der Waals surface area contributed by atoms with Crippen LogP contribution in [-0.2, 0) is 11.2 Å². The first-order valence-electron chi connectivity index (χ1n) is 4.98. The second-order valence-electron chi connectivity index (χ2n) is 3.53. The van der Waals surface area contributed by atoms with Crippen LogP contribution in [0.5, 0.6) is 5.75 Å². The summed E-state index contributed by atoms with van der Waals surface area (Å²) >= 11 is 5.85. The molecule has 0 heterocycles. The second kappa shape index (κ2) is 6.70. The quantitative estimate of drug-likeness (QED) is 0.697. The van der Waals surface area contributed by atoms with Gasteiger partial charge in [-0.15, -0.1) is 11.6 Å². The van der Waals surface area contributed by atoms with Gasteiger partial charge in [-0.05, 0) is 30.0 Å². The topological polar surface area (TPSA) is 18.5 Å². The highest BCUT2D eigenvalue weighted by Gasteiger charge is 2.07. The second-order valence-corrected chi connectivity index (χ2v) is 3.84. The molecule has 0 saturated heterocycles. The molecule has 15 heavy (non-hydrogen) atoms. The van der Waals surface area contributed by atoms with E-state index in [0.717, 1.165) is 12.2 Å². The summed E-state index contributed by atoms with van der Waals surface area (Å²) < 4.78 is 10.2. The van der Waals surface area contributed by atoms with Crippen LogP contribution in [0.2, 0.25) is 0 Å². The molecule has 2 nitrogen and oxygen atoms in total. The van der Waals surface area contributed by atoms with Crippen LogP contribution < -0.4 is 4.74 Å². The van der Waals surface area contributed by atoms with E-state index in [1.54, 1.807) is 14.2 Å². The van der Waals surface area contributed by atoms with Crippen LogP contribution in [0.25, 0.3) is 0 Å². The van der Waals surface area contributed by atoms with Crippen LogP contribution in [0, 0.1) is 5.92 Å². The van der Waals surface area contributed by atoms with E-state index in [0.29, 0.717) is 18.4 Å². The van der Waals surface area contributed by atoms with E-state index in [2.05, 4.69) is 12.1 Å². The molecule has 0 bridgehead atoms. The van der Waals surface area contributed by atoms with E-state index in [1.807, 2.05) is 12.1 Å². The zero-order chi connectivity index (χ0) is 11.1. The Labute approximate surface area is 96.2 Å². The van der Waals surface area contributed by atoms with Crippen LogP contribution in [-0.4, -0.2) is 26.7 Å². The lowest BCUT2D eigenvalue weighted by atomic mass is 10.0. The van der Waals surface area contributed by atoms with Crippen molar-refractivity contribution in [3.8, 4) is 5.75 Å². The Morgan fingerprint density at radius 2 is 1.87 bits per heavy atom. The molecule has 0 fully saturated rings. The van der Waals surface area contributed by atoms with Crippen LogP contribution in [0.15, 0.2) is 24.3 Å². The van der Waals surface area contributed by atoms with Crippen LogP contribution >= 0.6 is 11.6 Å². The summed E-state index contributed by atoms with van der Waals surface area (Å²) in [5.74, 6) is 1.89. The first-order chi connectivity index (χ1) is 7.30. The Morgan fingerprint density at radius 1 is 1.20 bits per heavy atom. The van der Waals surface area contributed by atoms with Gasteiger partial charge in [-0.1, -0.05) is 12.1 Å². The van der Waals surface area contributed by atoms with Crippen molar-refractivity contribution in [3.05, 3.63) is 29.8 Å². The standard InChI is InChI=1S/C12H17ClO2/c1-14-9-11(8-13)7-10-3-5-12(15-2)6-4-10/h3-6,11H,7-9H2,1-2H3. The van der Waals surface area contributed by atoms with Gasteiger partial charge in [0.05, 0.1) is 13.7 Å². The summed E-state index contributed by atoms with van der Waals surface area (Å²) in [4.78, 5) is 0. The summed E-state index contributed by atoms with van der Waals surface area (Å²) in [7, 11) is 3.37. The highest BCUT2D eigenvalue weighted by atomic mass is 35.5. The van der Waals surface area contributed by atoms with Gasteiger partial charge >= 0.3 is 0 Å². The van der Waals surface area contributed by atoms with E-state index >= 15 is 0 Å². The molecule has 1 atom stereocenters. The Hall–Kier alpha value is -0.730. The molecule has 1 aromatic carbocycles. The van der Waals surface area contributed by atoms with Crippen molar-refractivity contribution >= 4 is 11.6 Å². The van der Waals surface area contributed by atoms with Gasteiger partial charge in [-0.2, -0.15) is 0 Å². The number of ether oxygens (including phenoxy) is 2. The molecule has 0 aliphatic rings. The van der Waals surface area contributed by atoms with Gasteiger partial charge in [0.25, 0.3) is 0 Å². The molecule has 0 radical (unpaired) electrons. The number of rotatable bonds is 6. The van der Waals surface area contributed by atoms with Gasteiger partial charge in [0, 0.05) is 13.0 Å². The molecule has 0 aliphatic heterocycles. The molecular weight excluding hydrogens is 212 g/mol. The maximum atomic E-state index is 5.85. The average Bonchev–Trinajstić information content (AvgIpc) is 2.29. The summed E-state index contributed by atoms with van der Waals surface area (Å²) in [6.45, 7) is 0.704. The monoisotopic (exact) mass is 228 g/mol. The molecule has 0 spiro atoms. The van der Waals surface area contributed by atoms with Gasteiger partial charge in [-0.3, -0.25) is 0 Å². The molecule has 84 valence electrons. The number of hydrogen-bond acceptors (Lipinski definition) is 2. The lowest BCUT2D eigenvalue weighted by Gasteiger charge is -2.12. The minimum Gasteiger partial charge on any atom is -0.497 e. The molecule has 0 saturated carbocycles. The number of alkyl halides is 1. The van der Waals surface area contributed by atoms with Gasteiger partial charge < -0.3 is 9.47 Å². The first kappa shape index (κ1) is 12.3. The zero-order valence-corrected chi connectivity index (χ0v) is 9.96. The highest BCUT2D eigenvalue weighted by molar-refractivity contribution is 6.18. The van der Waals surface area contributed by atoms with Crippen LogP contribution in [0.4, 0.5) is 0 Å². The van der Waals surface area contributed by atoms with Crippen molar-refractivity contribution in [3.63, 3.8) is 0 Å². The molecule has 0 aromatic heterocycles. The van der Waals surface area contributed by atoms with E-state index in [1.165, 1.54) is 5.56 Å². The molecular formula is C12H17ClO2. The third-order valence-electron chi connectivity index (χ3n) is 2.30. The largest absolute Gasteiger partial charge is 0.497 e. The maximum absolute atomic E-state index is 5.85. The highest BCUT2D eigenvalue weighted by Crippen LogP contribution is 2.15. The summed E-state index contributed by atoms with van der Waals surface area (Å²) in [6, 6.07) is 8.06. The minimum absolute atomic E-state index is 0.380. The molecule has 1 unspecified atom stereocenters. The molecule has 3 heteroatoms. The lowest BCUT2D eigenvalue weighted by molar-refractivity contribution is 0.161.